The van der Waals surface area contributed by atoms with Gasteiger partial charge in [0.05, 0.1) is 16.1 Å². The second-order valence-electron chi connectivity index (χ2n) is 4.06. The van der Waals surface area contributed by atoms with Crippen LogP contribution in [0.15, 0.2) is 42.0 Å². The fourth-order valence-electron chi connectivity index (χ4n) is 1.90. The molecule has 3 aromatic rings. The first-order valence-corrected chi connectivity index (χ1v) is 7.72. The zero-order valence-corrected chi connectivity index (χ0v) is 11.9. The van der Waals surface area contributed by atoms with Crippen LogP contribution in [-0.4, -0.2) is 16.5 Å². The van der Waals surface area contributed by atoms with Crippen LogP contribution in [0.1, 0.15) is 4.88 Å². The van der Waals surface area contributed by atoms with Gasteiger partial charge in [0.2, 0.25) is 0 Å². The van der Waals surface area contributed by atoms with Gasteiger partial charge in [-0.3, -0.25) is 4.98 Å². The van der Waals surface area contributed by atoms with Crippen molar-refractivity contribution in [2.24, 2.45) is 5.73 Å². The van der Waals surface area contributed by atoms with Crippen molar-refractivity contribution in [2.75, 3.05) is 6.54 Å². The molecule has 0 spiro atoms. The van der Waals surface area contributed by atoms with Crippen molar-refractivity contribution >= 4 is 22.7 Å². The zero-order chi connectivity index (χ0) is 13.1. The van der Waals surface area contributed by atoms with Gasteiger partial charge in [0.1, 0.15) is 5.01 Å². The predicted molar refractivity (Wildman–Crippen MR) is 81.4 cm³/mol. The lowest BCUT2D eigenvalue weighted by Crippen LogP contribution is -2.02. The molecule has 2 heterocycles. The van der Waals surface area contributed by atoms with Crippen LogP contribution in [0.2, 0.25) is 0 Å². The number of thiazole rings is 2. The second kappa shape index (κ2) is 5.61. The zero-order valence-electron chi connectivity index (χ0n) is 10.2. The predicted octanol–water partition coefficient (Wildman–Crippen LogP) is 3.43. The third-order valence-electron chi connectivity index (χ3n) is 2.76. The first-order chi connectivity index (χ1) is 9.38. The number of hydrogen-bond donors (Lipinski definition) is 1. The number of aromatic nitrogens is 2. The summed E-state index contributed by atoms with van der Waals surface area (Å²) in [5.74, 6) is 0. The van der Waals surface area contributed by atoms with Gasteiger partial charge in [0.15, 0.2) is 0 Å². The van der Waals surface area contributed by atoms with Gasteiger partial charge in [0.25, 0.3) is 0 Å². The molecule has 0 bridgehead atoms. The van der Waals surface area contributed by atoms with E-state index in [9.17, 15) is 0 Å². The van der Waals surface area contributed by atoms with Crippen LogP contribution in [0.5, 0.6) is 0 Å². The fraction of sp³-hybridized carbons (Fsp3) is 0.143. The molecule has 0 aliphatic carbocycles. The summed E-state index contributed by atoms with van der Waals surface area (Å²) in [5.41, 5.74) is 9.75. The minimum atomic E-state index is 0.643. The quantitative estimate of drug-likeness (QED) is 0.799. The van der Waals surface area contributed by atoms with Crippen molar-refractivity contribution in [3.63, 3.8) is 0 Å². The lowest BCUT2D eigenvalue weighted by molar-refractivity contribution is 0.986. The normalized spacial score (nSPS) is 10.8. The van der Waals surface area contributed by atoms with E-state index in [0.717, 1.165) is 27.6 Å². The molecule has 2 aromatic heterocycles. The van der Waals surface area contributed by atoms with Gasteiger partial charge >= 0.3 is 0 Å². The van der Waals surface area contributed by atoms with Crippen molar-refractivity contribution in [1.29, 1.82) is 0 Å². The molecule has 5 heteroatoms. The van der Waals surface area contributed by atoms with Gasteiger partial charge in [0, 0.05) is 16.6 Å². The molecule has 3 nitrogen and oxygen atoms in total. The molecule has 0 amide bonds. The molecule has 0 atom stereocenters. The van der Waals surface area contributed by atoms with E-state index in [4.69, 9.17) is 10.7 Å². The second-order valence-corrected chi connectivity index (χ2v) is 6.03. The molecule has 0 aliphatic heterocycles. The first-order valence-electron chi connectivity index (χ1n) is 6.02. The lowest BCUT2D eigenvalue weighted by atomic mass is 10.1. The van der Waals surface area contributed by atoms with Crippen LogP contribution in [-0.2, 0) is 6.42 Å². The summed E-state index contributed by atoms with van der Waals surface area (Å²) in [6.07, 6.45) is 2.73. The standard InChI is InChI=1S/C14H13N3S2/c15-7-6-11-13(10-4-2-1-3-5-10)17-14(19-11)12-8-16-9-18-12/h1-5,8-9H,6-7,15H2. The molecule has 19 heavy (non-hydrogen) atoms. The highest BCUT2D eigenvalue weighted by Crippen LogP contribution is 2.35. The summed E-state index contributed by atoms with van der Waals surface area (Å²) < 4.78 is 0. The Morgan fingerprint density at radius 3 is 2.68 bits per heavy atom. The number of rotatable bonds is 4. The molecule has 2 N–H and O–H groups in total. The van der Waals surface area contributed by atoms with Crippen LogP contribution in [0, 0.1) is 0 Å². The average Bonchev–Trinajstić information content (AvgIpc) is 3.08. The van der Waals surface area contributed by atoms with Crippen LogP contribution in [0.3, 0.4) is 0 Å². The number of nitrogens with zero attached hydrogens (tertiary/aromatic N) is 2. The van der Waals surface area contributed by atoms with E-state index in [0.29, 0.717) is 6.54 Å². The summed E-state index contributed by atoms with van der Waals surface area (Å²) in [6.45, 7) is 0.643. The molecule has 0 fully saturated rings. The molecule has 3 rings (SSSR count). The topological polar surface area (TPSA) is 51.8 Å². The maximum absolute atomic E-state index is 5.70. The summed E-state index contributed by atoms with van der Waals surface area (Å²) in [4.78, 5) is 11.3. The van der Waals surface area contributed by atoms with E-state index in [1.54, 1.807) is 22.7 Å². The third kappa shape index (κ3) is 2.58. The Hall–Kier alpha value is -1.56. The Labute approximate surface area is 119 Å². The van der Waals surface area contributed by atoms with Crippen molar-refractivity contribution in [3.8, 4) is 21.1 Å². The van der Waals surface area contributed by atoms with Crippen LogP contribution in [0.25, 0.3) is 21.1 Å². The first kappa shape index (κ1) is 12.5. The molecule has 0 radical (unpaired) electrons. The monoisotopic (exact) mass is 287 g/mol. The molecule has 1 aromatic carbocycles. The fourth-order valence-corrected chi connectivity index (χ4v) is 3.68. The Kier molecular flexibility index (Phi) is 3.68. The average molecular weight is 287 g/mol. The summed E-state index contributed by atoms with van der Waals surface area (Å²) in [7, 11) is 0. The highest BCUT2D eigenvalue weighted by Gasteiger charge is 2.14. The molecular formula is C14H13N3S2. The minimum absolute atomic E-state index is 0.643. The van der Waals surface area contributed by atoms with Gasteiger partial charge < -0.3 is 5.73 Å². The Morgan fingerprint density at radius 2 is 2.00 bits per heavy atom. The molecule has 0 saturated heterocycles. The molecule has 96 valence electrons. The van der Waals surface area contributed by atoms with E-state index < -0.39 is 0 Å². The SMILES string of the molecule is NCCc1sc(-c2cncs2)nc1-c1ccccc1. The molecule has 0 unspecified atom stereocenters. The molecule has 0 aliphatic rings. The van der Waals surface area contributed by atoms with Gasteiger partial charge in [-0.05, 0) is 13.0 Å². The molecule has 0 saturated carbocycles. The van der Waals surface area contributed by atoms with Gasteiger partial charge in [-0.15, -0.1) is 22.7 Å². The highest BCUT2D eigenvalue weighted by molar-refractivity contribution is 7.21. The lowest BCUT2D eigenvalue weighted by Gasteiger charge is -2.00. The van der Waals surface area contributed by atoms with Crippen LogP contribution < -0.4 is 5.73 Å². The Bertz CT molecular complexity index is 645. The van der Waals surface area contributed by atoms with Crippen molar-refractivity contribution in [3.05, 3.63) is 46.9 Å². The Balaban J connectivity index is 2.08. The smallest absolute Gasteiger partial charge is 0.135 e. The molecular weight excluding hydrogens is 274 g/mol. The number of hydrogen-bond acceptors (Lipinski definition) is 5. The van der Waals surface area contributed by atoms with Gasteiger partial charge in [-0.2, -0.15) is 0 Å². The van der Waals surface area contributed by atoms with Crippen LogP contribution in [0.4, 0.5) is 0 Å². The third-order valence-corrected chi connectivity index (χ3v) is 4.82. The minimum Gasteiger partial charge on any atom is -0.330 e. The van der Waals surface area contributed by atoms with Crippen molar-refractivity contribution < 1.29 is 0 Å². The number of benzene rings is 1. The highest BCUT2D eigenvalue weighted by atomic mass is 32.1. The van der Waals surface area contributed by atoms with E-state index in [2.05, 4.69) is 17.1 Å². The van der Waals surface area contributed by atoms with E-state index in [1.807, 2.05) is 29.9 Å². The summed E-state index contributed by atoms with van der Waals surface area (Å²) in [6, 6.07) is 10.3. The number of nitrogens with two attached hydrogens (primary N) is 1. The van der Waals surface area contributed by atoms with Crippen molar-refractivity contribution in [2.45, 2.75) is 6.42 Å². The van der Waals surface area contributed by atoms with E-state index >= 15 is 0 Å². The maximum atomic E-state index is 5.70. The summed E-state index contributed by atoms with van der Waals surface area (Å²) in [5, 5.41) is 1.03. The van der Waals surface area contributed by atoms with Crippen molar-refractivity contribution in [1.82, 2.24) is 9.97 Å². The largest absolute Gasteiger partial charge is 0.330 e. The van der Waals surface area contributed by atoms with E-state index in [1.165, 1.54) is 4.88 Å². The van der Waals surface area contributed by atoms with E-state index in [-0.39, 0.29) is 0 Å². The van der Waals surface area contributed by atoms with Gasteiger partial charge in [-0.1, -0.05) is 30.3 Å². The van der Waals surface area contributed by atoms with Gasteiger partial charge in [-0.25, -0.2) is 4.98 Å². The van der Waals surface area contributed by atoms with Crippen LogP contribution >= 0.6 is 22.7 Å². The maximum Gasteiger partial charge on any atom is 0.135 e. The summed E-state index contributed by atoms with van der Waals surface area (Å²) >= 11 is 3.33. The Morgan fingerprint density at radius 1 is 1.16 bits per heavy atom.